The Balaban J connectivity index is 2.35. The van der Waals surface area contributed by atoms with Gasteiger partial charge in [0.2, 0.25) is 5.12 Å². The molecule has 0 bridgehead atoms. The second-order valence-electron chi connectivity index (χ2n) is 3.02. The lowest BCUT2D eigenvalue weighted by Crippen LogP contribution is -1.89. The van der Waals surface area contributed by atoms with E-state index in [1.807, 2.05) is 6.26 Å². The van der Waals surface area contributed by atoms with E-state index in [4.69, 9.17) is 0 Å². The third-order valence-electron chi connectivity index (χ3n) is 1.97. The van der Waals surface area contributed by atoms with E-state index >= 15 is 0 Å². The van der Waals surface area contributed by atoms with Crippen LogP contribution in [-0.2, 0) is 4.79 Å². The predicted molar refractivity (Wildman–Crippen MR) is 67.9 cm³/mol. The Morgan fingerprint density at radius 1 is 1.44 bits per heavy atom. The fourth-order valence-electron chi connectivity index (χ4n) is 1.22. The third-order valence-corrected chi connectivity index (χ3v) is 3.82. The van der Waals surface area contributed by atoms with Gasteiger partial charge in [0.05, 0.1) is 0 Å². The van der Waals surface area contributed by atoms with E-state index in [-0.39, 0.29) is 10.9 Å². The summed E-state index contributed by atoms with van der Waals surface area (Å²) >= 11 is 2.49. The average molecular weight is 253 g/mol. The van der Waals surface area contributed by atoms with Gasteiger partial charge in [-0.3, -0.25) is 4.79 Å². The van der Waals surface area contributed by atoms with Gasteiger partial charge in [0.1, 0.15) is 15.9 Å². The van der Waals surface area contributed by atoms with Crippen LogP contribution in [0.1, 0.15) is 5.56 Å². The lowest BCUT2D eigenvalue weighted by Gasteiger charge is -1.95. The highest BCUT2D eigenvalue weighted by atomic mass is 32.2. The van der Waals surface area contributed by atoms with Gasteiger partial charge in [0.25, 0.3) is 0 Å². The molecule has 1 aromatic carbocycles. The second kappa shape index (κ2) is 4.84. The second-order valence-corrected chi connectivity index (χ2v) is 5.04. The van der Waals surface area contributed by atoms with Crippen LogP contribution in [0, 0.1) is 5.82 Å². The Hall–Kier alpha value is -1.07. The van der Waals surface area contributed by atoms with E-state index in [9.17, 15) is 9.18 Å². The van der Waals surface area contributed by atoms with Crippen molar-refractivity contribution in [3.63, 3.8) is 0 Å². The molecule has 5 heteroatoms. The van der Waals surface area contributed by atoms with Gasteiger partial charge in [-0.05, 0) is 30.2 Å². The number of carbonyl (C=O) groups excluding carboxylic acids is 1. The molecule has 0 spiro atoms. The number of halogens is 1. The summed E-state index contributed by atoms with van der Waals surface area (Å²) in [6.45, 7) is 0. The Bertz CT molecular complexity index is 497. The van der Waals surface area contributed by atoms with Gasteiger partial charge in [0, 0.05) is 5.56 Å². The van der Waals surface area contributed by atoms with Gasteiger partial charge in [0.15, 0.2) is 0 Å². The smallest absolute Gasteiger partial charge is 0.244 e. The average Bonchev–Trinajstić information content (AvgIpc) is 2.63. The molecule has 0 amide bonds. The van der Waals surface area contributed by atoms with Gasteiger partial charge in [-0.2, -0.15) is 0 Å². The van der Waals surface area contributed by atoms with E-state index in [1.54, 1.807) is 18.2 Å². The van der Waals surface area contributed by atoms with Crippen LogP contribution in [-0.4, -0.2) is 15.7 Å². The lowest BCUT2D eigenvalue weighted by atomic mass is 10.2. The molecule has 0 aliphatic carbocycles. The number of nitrogens with zero attached hydrogens (tertiary/aromatic N) is 1. The molecule has 0 saturated carbocycles. The Labute approximate surface area is 101 Å². The molecular weight excluding hydrogens is 245 g/mol. The van der Waals surface area contributed by atoms with Crippen molar-refractivity contribution in [2.24, 2.45) is 4.99 Å². The topological polar surface area (TPSA) is 29.4 Å². The molecule has 1 heterocycles. The van der Waals surface area contributed by atoms with E-state index in [2.05, 4.69) is 4.99 Å². The summed E-state index contributed by atoms with van der Waals surface area (Å²) in [6, 6.07) is 6.31. The molecule has 2 nitrogen and oxygen atoms in total. The molecule has 1 aliphatic heterocycles. The molecule has 0 radical (unpaired) electrons. The largest absolute Gasteiger partial charge is 0.279 e. The molecule has 1 aromatic rings. The third kappa shape index (κ3) is 2.36. The van der Waals surface area contributed by atoms with Gasteiger partial charge in [-0.25, -0.2) is 9.38 Å². The van der Waals surface area contributed by atoms with Crippen LogP contribution >= 0.6 is 23.5 Å². The SMILES string of the molecule is CSC1=NC(=Cc2ccccc2F)C(=O)S1. The highest BCUT2D eigenvalue weighted by Gasteiger charge is 2.21. The van der Waals surface area contributed by atoms with Crippen LogP contribution in [0.15, 0.2) is 35.0 Å². The lowest BCUT2D eigenvalue weighted by molar-refractivity contribution is -0.107. The highest BCUT2D eigenvalue weighted by Crippen LogP contribution is 2.29. The van der Waals surface area contributed by atoms with Crippen LogP contribution in [0.2, 0.25) is 0 Å². The van der Waals surface area contributed by atoms with E-state index in [1.165, 1.54) is 23.9 Å². The molecule has 0 N–H and O–H groups in total. The summed E-state index contributed by atoms with van der Waals surface area (Å²) in [5, 5.41) is -0.132. The standard InChI is InChI=1S/C11H8FNOS2/c1-15-11-13-9(10(14)16-11)6-7-4-2-3-5-8(7)12/h2-6H,1H3. The molecule has 0 aromatic heterocycles. The molecule has 2 rings (SSSR count). The summed E-state index contributed by atoms with van der Waals surface area (Å²) < 4.78 is 14.0. The summed E-state index contributed by atoms with van der Waals surface area (Å²) in [5.74, 6) is -0.347. The number of aliphatic imine (C=N–C) groups is 1. The maximum atomic E-state index is 13.3. The van der Waals surface area contributed by atoms with E-state index in [0.717, 1.165) is 11.8 Å². The first-order valence-corrected chi connectivity index (χ1v) is 6.56. The fourth-order valence-corrected chi connectivity index (χ4v) is 2.48. The Morgan fingerprint density at radius 3 is 2.81 bits per heavy atom. The van der Waals surface area contributed by atoms with Crippen molar-refractivity contribution in [1.29, 1.82) is 0 Å². The summed E-state index contributed by atoms with van der Waals surface area (Å²) in [7, 11) is 0. The molecule has 16 heavy (non-hydrogen) atoms. The minimum atomic E-state index is -0.347. The molecule has 0 fully saturated rings. The fraction of sp³-hybridized carbons (Fsp3) is 0.0909. The van der Waals surface area contributed by atoms with Crippen LogP contribution in [0.4, 0.5) is 4.39 Å². The van der Waals surface area contributed by atoms with Crippen molar-refractivity contribution in [3.8, 4) is 0 Å². The van der Waals surface area contributed by atoms with Crippen LogP contribution < -0.4 is 0 Å². The summed E-state index contributed by atoms with van der Waals surface area (Å²) in [4.78, 5) is 15.6. The number of hydrogen-bond donors (Lipinski definition) is 0. The highest BCUT2D eigenvalue weighted by molar-refractivity contribution is 8.45. The van der Waals surface area contributed by atoms with Crippen molar-refractivity contribution >= 4 is 39.1 Å². The first-order valence-electron chi connectivity index (χ1n) is 4.52. The van der Waals surface area contributed by atoms with Gasteiger partial charge >= 0.3 is 0 Å². The van der Waals surface area contributed by atoms with Crippen LogP contribution in [0.25, 0.3) is 6.08 Å². The van der Waals surface area contributed by atoms with Crippen molar-refractivity contribution in [3.05, 3.63) is 41.3 Å². The summed E-state index contributed by atoms with van der Waals surface area (Å²) in [5.41, 5.74) is 0.692. The molecule has 1 aliphatic rings. The number of carbonyl (C=O) groups is 1. The summed E-state index contributed by atoms with van der Waals surface area (Å²) in [6.07, 6.45) is 3.33. The van der Waals surface area contributed by atoms with E-state index in [0.29, 0.717) is 15.6 Å². The van der Waals surface area contributed by atoms with Crippen LogP contribution in [0.5, 0.6) is 0 Å². The quantitative estimate of drug-likeness (QED) is 0.720. The number of hydrogen-bond acceptors (Lipinski definition) is 4. The first-order chi connectivity index (χ1) is 7.70. The maximum absolute atomic E-state index is 13.3. The van der Waals surface area contributed by atoms with E-state index < -0.39 is 0 Å². The zero-order chi connectivity index (χ0) is 11.5. The molecule has 0 saturated heterocycles. The minimum Gasteiger partial charge on any atom is -0.279 e. The predicted octanol–water partition coefficient (Wildman–Crippen LogP) is 3.16. The maximum Gasteiger partial charge on any atom is 0.244 e. The Morgan fingerprint density at radius 2 is 2.19 bits per heavy atom. The first kappa shape index (κ1) is 11.4. The van der Waals surface area contributed by atoms with Crippen molar-refractivity contribution in [1.82, 2.24) is 0 Å². The molecular formula is C11H8FNOS2. The zero-order valence-corrected chi connectivity index (χ0v) is 10.1. The van der Waals surface area contributed by atoms with Crippen molar-refractivity contribution < 1.29 is 9.18 Å². The molecule has 0 unspecified atom stereocenters. The number of thioether (sulfide) groups is 2. The zero-order valence-electron chi connectivity index (χ0n) is 8.44. The molecule has 82 valence electrons. The minimum absolute atomic E-state index is 0.132. The number of benzene rings is 1. The van der Waals surface area contributed by atoms with Crippen LogP contribution in [0.3, 0.4) is 0 Å². The van der Waals surface area contributed by atoms with Crippen molar-refractivity contribution in [2.45, 2.75) is 0 Å². The normalized spacial score (nSPS) is 18.0. The van der Waals surface area contributed by atoms with Gasteiger partial charge < -0.3 is 0 Å². The Kier molecular flexibility index (Phi) is 3.46. The van der Waals surface area contributed by atoms with Gasteiger partial charge in [-0.15, -0.1) is 11.8 Å². The monoisotopic (exact) mass is 253 g/mol. The number of rotatable bonds is 1. The molecule has 0 atom stereocenters. The van der Waals surface area contributed by atoms with Gasteiger partial charge in [-0.1, -0.05) is 18.2 Å². The van der Waals surface area contributed by atoms with Crippen molar-refractivity contribution in [2.75, 3.05) is 6.26 Å².